The molecule has 0 radical (unpaired) electrons. The molecule has 142 valence electrons. The number of anilines is 1. The average molecular weight is 385 g/mol. The first-order chi connectivity index (χ1) is 12.9. The summed E-state index contributed by atoms with van der Waals surface area (Å²) in [6.45, 7) is 5.83. The second-order valence-electron chi connectivity index (χ2n) is 6.54. The quantitative estimate of drug-likeness (QED) is 0.858. The minimum Gasteiger partial charge on any atom is -0.349 e. The molecular formula is C21H24N2O3S. The standard InChI is InChI=1S/C21H24N2O3S/c1-4-15(3)22-21(24)20-19(16-11-7-6-8-12-16)17-13-9-10-14-18(17)23(5-2)27(20,25)26/h6-15H,4-5H2,1-3H3,(H,22,24). The molecule has 0 aromatic heterocycles. The van der Waals surface area contributed by atoms with E-state index in [4.69, 9.17) is 0 Å². The van der Waals surface area contributed by atoms with Gasteiger partial charge in [0.15, 0.2) is 4.91 Å². The highest BCUT2D eigenvalue weighted by molar-refractivity contribution is 7.97. The molecule has 1 unspecified atom stereocenters. The van der Waals surface area contributed by atoms with E-state index in [0.29, 0.717) is 23.2 Å². The Kier molecular flexibility index (Phi) is 5.37. The van der Waals surface area contributed by atoms with Gasteiger partial charge < -0.3 is 5.32 Å². The molecule has 0 bridgehead atoms. The number of carbonyl (C=O) groups is 1. The van der Waals surface area contributed by atoms with Crippen LogP contribution in [-0.2, 0) is 14.8 Å². The van der Waals surface area contributed by atoms with Crippen molar-refractivity contribution in [2.45, 2.75) is 33.2 Å². The summed E-state index contributed by atoms with van der Waals surface area (Å²) in [6, 6.07) is 16.4. The van der Waals surface area contributed by atoms with Crippen molar-refractivity contribution >= 4 is 27.2 Å². The summed E-state index contributed by atoms with van der Waals surface area (Å²) in [6.07, 6.45) is 0.716. The van der Waals surface area contributed by atoms with Gasteiger partial charge in [0.05, 0.1) is 5.69 Å². The van der Waals surface area contributed by atoms with Gasteiger partial charge in [-0.3, -0.25) is 9.10 Å². The molecule has 0 saturated carbocycles. The number of hydrogen-bond acceptors (Lipinski definition) is 3. The molecule has 0 fully saturated rings. The summed E-state index contributed by atoms with van der Waals surface area (Å²) >= 11 is 0. The first kappa shape index (κ1) is 19.2. The molecule has 27 heavy (non-hydrogen) atoms. The van der Waals surface area contributed by atoms with Gasteiger partial charge in [-0.05, 0) is 31.9 Å². The van der Waals surface area contributed by atoms with Gasteiger partial charge in [0.1, 0.15) is 0 Å². The lowest BCUT2D eigenvalue weighted by atomic mass is 9.95. The minimum absolute atomic E-state index is 0.121. The van der Waals surface area contributed by atoms with Crippen LogP contribution in [0, 0.1) is 0 Å². The van der Waals surface area contributed by atoms with Gasteiger partial charge >= 0.3 is 0 Å². The monoisotopic (exact) mass is 384 g/mol. The highest BCUT2D eigenvalue weighted by Crippen LogP contribution is 2.42. The topological polar surface area (TPSA) is 66.5 Å². The summed E-state index contributed by atoms with van der Waals surface area (Å²) in [5, 5.41) is 2.83. The van der Waals surface area contributed by atoms with Crippen molar-refractivity contribution in [3.63, 3.8) is 0 Å². The van der Waals surface area contributed by atoms with E-state index in [2.05, 4.69) is 5.32 Å². The Morgan fingerprint density at radius 2 is 1.67 bits per heavy atom. The predicted molar refractivity (Wildman–Crippen MR) is 109 cm³/mol. The van der Waals surface area contributed by atoms with E-state index in [1.807, 2.05) is 62.4 Å². The van der Waals surface area contributed by atoms with Gasteiger partial charge in [-0.25, -0.2) is 8.42 Å². The summed E-state index contributed by atoms with van der Waals surface area (Å²) in [5.74, 6) is -0.559. The van der Waals surface area contributed by atoms with Gasteiger partial charge in [0.25, 0.3) is 15.9 Å². The van der Waals surface area contributed by atoms with Crippen LogP contribution in [0.1, 0.15) is 38.3 Å². The van der Waals surface area contributed by atoms with E-state index >= 15 is 0 Å². The number of benzene rings is 2. The molecule has 1 amide bonds. The largest absolute Gasteiger partial charge is 0.349 e. The van der Waals surface area contributed by atoms with Crippen LogP contribution in [0.25, 0.3) is 5.57 Å². The smallest absolute Gasteiger partial charge is 0.270 e. The molecule has 0 spiro atoms. The van der Waals surface area contributed by atoms with Crippen LogP contribution in [-0.4, -0.2) is 26.9 Å². The Balaban J connectivity index is 2.35. The van der Waals surface area contributed by atoms with Crippen molar-refractivity contribution in [2.24, 2.45) is 0 Å². The van der Waals surface area contributed by atoms with Crippen LogP contribution < -0.4 is 9.62 Å². The number of sulfonamides is 1. The Morgan fingerprint density at radius 3 is 2.30 bits per heavy atom. The normalized spacial score (nSPS) is 16.6. The third-order valence-electron chi connectivity index (χ3n) is 4.76. The molecule has 5 nitrogen and oxygen atoms in total. The minimum atomic E-state index is -3.98. The molecule has 1 aliphatic rings. The van der Waals surface area contributed by atoms with Crippen LogP contribution in [0.2, 0.25) is 0 Å². The van der Waals surface area contributed by atoms with Gasteiger partial charge in [0, 0.05) is 23.7 Å². The molecular weight excluding hydrogens is 360 g/mol. The fraction of sp³-hybridized carbons (Fsp3) is 0.286. The molecule has 1 atom stereocenters. The summed E-state index contributed by atoms with van der Waals surface area (Å²) in [5.41, 5.74) is 2.50. The van der Waals surface area contributed by atoms with Gasteiger partial charge in [-0.2, -0.15) is 0 Å². The number of fused-ring (bicyclic) bond motifs is 1. The maximum Gasteiger partial charge on any atom is 0.270 e. The fourth-order valence-electron chi connectivity index (χ4n) is 3.25. The molecule has 0 saturated heterocycles. The second kappa shape index (κ2) is 7.56. The summed E-state index contributed by atoms with van der Waals surface area (Å²) in [4.78, 5) is 12.9. The molecule has 0 aliphatic carbocycles. The van der Waals surface area contributed by atoms with Crippen molar-refractivity contribution in [2.75, 3.05) is 10.8 Å². The zero-order valence-electron chi connectivity index (χ0n) is 15.8. The Labute approximate surface area is 160 Å². The van der Waals surface area contributed by atoms with Gasteiger partial charge in [0.2, 0.25) is 0 Å². The number of rotatable bonds is 5. The number of hydrogen-bond donors (Lipinski definition) is 1. The maximum absolute atomic E-state index is 13.4. The first-order valence-electron chi connectivity index (χ1n) is 9.14. The average Bonchev–Trinajstić information content (AvgIpc) is 2.67. The number of para-hydroxylation sites is 1. The van der Waals surface area contributed by atoms with Crippen molar-refractivity contribution in [1.82, 2.24) is 5.32 Å². The molecule has 2 aromatic rings. The van der Waals surface area contributed by atoms with Gasteiger partial charge in [-0.15, -0.1) is 0 Å². The molecule has 1 aliphatic heterocycles. The van der Waals surface area contributed by atoms with E-state index < -0.39 is 15.9 Å². The highest BCUT2D eigenvalue weighted by Gasteiger charge is 2.40. The van der Waals surface area contributed by atoms with Crippen molar-refractivity contribution in [3.05, 3.63) is 70.6 Å². The van der Waals surface area contributed by atoms with E-state index in [1.165, 1.54) is 4.31 Å². The van der Waals surface area contributed by atoms with Crippen LogP contribution in [0.4, 0.5) is 5.69 Å². The van der Waals surface area contributed by atoms with Crippen LogP contribution >= 0.6 is 0 Å². The van der Waals surface area contributed by atoms with Gasteiger partial charge in [-0.1, -0.05) is 55.5 Å². The van der Waals surface area contributed by atoms with E-state index in [0.717, 1.165) is 5.56 Å². The number of amides is 1. The first-order valence-corrected chi connectivity index (χ1v) is 10.6. The summed E-state index contributed by atoms with van der Waals surface area (Å²) < 4.78 is 28.1. The third-order valence-corrected chi connectivity index (χ3v) is 6.70. The lowest BCUT2D eigenvalue weighted by Crippen LogP contribution is -2.43. The van der Waals surface area contributed by atoms with Crippen LogP contribution in [0.3, 0.4) is 0 Å². The molecule has 6 heteroatoms. The molecule has 1 heterocycles. The van der Waals surface area contributed by atoms with Crippen molar-refractivity contribution in [3.8, 4) is 0 Å². The lowest BCUT2D eigenvalue weighted by molar-refractivity contribution is -0.117. The van der Waals surface area contributed by atoms with E-state index in [-0.39, 0.29) is 17.5 Å². The van der Waals surface area contributed by atoms with Crippen LogP contribution in [0.15, 0.2) is 59.5 Å². The van der Waals surface area contributed by atoms with E-state index in [1.54, 1.807) is 13.0 Å². The molecule has 3 rings (SSSR count). The summed E-state index contributed by atoms with van der Waals surface area (Å²) in [7, 11) is -3.98. The molecule has 2 aromatic carbocycles. The lowest BCUT2D eigenvalue weighted by Gasteiger charge is -2.33. The fourth-order valence-corrected chi connectivity index (χ4v) is 5.00. The van der Waals surface area contributed by atoms with Crippen molar-refractivity contribution < 1.29 is 13.2 Å². The zero-order chi connectivity index (χ0) is 19.6. The van der Waals surface area contributed by atoms with Crippen LogP contribution in [0.5, 0.6) is 0 Å². The third kappa shape index (κ3) is 3.37. The number of nitrogens with one attached hydrogen (secondary N) is 1. The second-order valence-corrected chi connectivity index (χ2v) is 8.34. The number of carbonyl (C=O) groups excluding carboxylic acids is 1. The maximum atomic E-state index is 13.4. The number of nitrogens with zero attached hydrogens (tertiary/aromatic N) is 1. The van der Waals surface area contributed by atoms with E-state index in [9.17, 15) is 13.2 Å². The highest BCUT2D eigenvalue weighted by atomic mass is 32.2. The Bertz CT molecular complexity index is 981. The van der Waals surface area contributed by atoms with Crippen molar-refractivity contribution in [1.29, 1.82) is 0 Å². The predicted octanol–water partition coefficient (Wildman–Crippen LogP) is 3.53. The molecule has 1 N–H and O–H groups in total. The Morgan fingerprint density at radius 1 is 1.04 bits per heavy atom. The SMILES string of the molecule is CCC(C)NC(=O)C1=C(c2ccccc2)c2ccccc2N(CC)S1(=O)=O. The zero-order valence-corrected chi connectivity index (χ0v) is 16.6. The Hall–Kier alpha value is -2.60.